The third-order valence-corrected chi connectivity index (χ3v) is 8.71. The summed E-state index contributed by atoms with van der Waals surface area (Å²) in [6.07, 6.45) is -2.82. The largest absolute Gasteiger partial charge is 0.443 e. The summed E-state index contributed by atoms with van der Waals surface area (Å²) in [6, 6.07) is 15.8. The Labute approximate surface area is 296 Å². The number of hydrogen-bond acceptors (Lipinski definition) is 6. The van der Waals surface area contributed by atoms with Gasteiger partial charge in [0.25, 0.3) is 17.7 Å². The number of fused-ring (bicyclic) bond motifs is 1. The van der Waals surface area contributed by atoms with Crippen LogP contribution in [0.25, 0.3) is 5.69 Å². The van der Waals surface area contributed by atoms with E-state index in [9.17, 15) is 36.7 Å². The molecule has 2 aliphatic rings. The van der Waals surface area contributed by atoms with Gasteiger partial charge in [-0.05, 0) is 75.7 Å². The number of likely N-dealkylation sites (N-methyl/N-ethyl adjacent to an activating group) is 1. The summed E-state index contributed by atoms with van der Waals surface area (Å²) in [5, 5.41) is 7.62. The second kappa shape index (κ2) is 13.7. The zero-order chi connectivity index (χ0) is 37.5. The number of carbonyl (C=O) groups excluding carboxylic acids is 4. The second-order valence-electron chi connectivity index (χ2n) is 13.4. The van der Waals surface area contributed by atoms with Crippen molar-refractivity contribution in [2.75, 3.05) is 11.4 Å². The van der Waals surface area contributed by atoms with Crippen LogP contribution < -0.4 is 10.2 Å². The number of carbonyl (C=O) groups is 4. The Balaban J connectivity index is 1.53. The van der Waals surface area contributed by atoms with Crippen LogP contribution in [0.15, 0.2) is 91.0 Å². The highest BCUT2D eigenvalue weighted by Gasteiger charge is 2.47. The average Bonchev–Trinajstić information content (AvgIpc) is 3.65. The van der Waals surface area contributed by atoms with Crippen LogP contribution in [0, 0.1) is 5.82 Å². The van der Waals surface area contributed by atoms with E-state index in [0.717, 1.165) is 17.0 Å². The molecule has 3 atom stereocenters. The maximum absolute atomic E-state index is 14.5. The molecule has 1 unspecified atom stereocenters. The lowest BCUT2D eigenvalue weighted by atomic mass is 9.80. The van der Waals surface area contributed by atoms with Gasteiger partial charge in [0.2, 0.25) is 0 Å². The molecule has 10 nitrogen and oxygen atoms in total. The Morgan fingerprint density at radius 1 is 0.942 bits per heavy atom. The van der Waals surface area contributed by atoms with Crippen molar-refractivity contribution in [1.82, 2.24) is 20.0 Å². The van der Waals surface area contributed by atoms with Gasteiger partial charge in [0, 0.05) is 36.1 Å². The monoisotopic (exact) mass is 717 g/mol. The molecule has 0 saturated carbocycles. The van der Waals surface area contributed by atoms with E-state index in [1.807, 2.05) is 0 Å². The molecule has 4 amide bonds. The molecular weight excluding hydrogens is 682 g/mol. The topological polar surface area (TPSA) is 114 Å². The van der Waals surface area contributed by atoms with Crippen molar-refractivity contribution in [1.29, 1.82) is 0 Å². The molecule has 0 saturated heterocycles. The van der Waals surface area contributed by atoms with E-state index in [-0.39, 0.29) is 18.5 Å². The van der Waals surface area contributed by atoms with Gasteiger partial charge in [-0.25, -0.2) is 18.8 Å². The Bertz CT molecular complexity index is 2050. The number of hydrogen-bond donors (Lipinski definition) is 1. The Morgan fingerprint density at radius 2 is 1.63 bits per heavy atom. The fourth-order valence-electron chi connectivity index (χ4n) is 6.48. The van der Waals surface area contributed by atoms with Crippen LogP contribution in [0.4, 0.5) is 28.2 Å². The number of nitrogens with zero attached hydrogens (tertiary/aromatic N) is 4. The van der Waals surface area contributed by atoms with Gasteiger partial charge in [-0.15, -0.1) is 0 Å². The second-order valence-corrected chi connectivity index (χ2v) is 13.4. The van der Waals surface area contributed by atoms with E-state index < -0.39 is 65.0 Å². The van der Waals surface area contributed by atoms with Crippen LogP contribution >= 0.6 is 0 Å². The number of rotatable bonds is 7. The standard InChI is InChI=1S/C38H35F4N5O5/c1-5-45-34-31(28(44-47(34)26-12-7-6-8-13-26)21-27-18-19-29(48)46(27)36(51)52-37(2,3)4)30(22-14-16-25(39)17-15-22)32(35(45)50)43-33(49)23-10-9-11-24(20-23)38(40,41)42/h6-20,27,30,32H,5,21H2,1-4H3,(H,43,49)/t27?,30-,32-/m0/s1. The van der Waals surface area contributed by atoms with Gasteiger partial charge in [-0.1, -0.05) is 42.5 Å². The van der Waals surface area contributed by atoms with Crippen LogP contribution in [-0.2, 0) is 26.9 Å². The number of amides is 4. The number of imide groups is 1. The maximum atomic E-state index is 14.5. The minimum atomic E-state index is -4.72. The van der Waals surface area contributed by atoms with Crippen molar-refractivity contribution in [3.63, 3.8) is 0 Å². The molecule has 6 rings (SSSR count). The first-order chi connectivity index (χ1) is 24.6. The van der Waals surface area contributed by atoms with Crippen molar-refractivity contribution in [3.8, 4) is 5.69 Å². The fourth-order valence-corrected chi connectivity index (χ4v) is 6.48. The Morgan fingerprint density at radius 3 is 2.27 bits per heavy atom. The molecule has 3 aromatic carbocycles. The molecule has 0 aliphatic carbocycles. The van der Waals surface area contributed by atoms with E-state index >= 15 is 0 Å². The molecule has 14 heteroatoms. The number of benzene rings is 3. The molecule has 0 fully saturated rings. The van der Waals surface area contributed by atoms with Crippen molar-refractivity contribution >= 4 is 29.6 Å². The molecule has 1 aromatic heterocycles. The first-order valence-corrected chi connectivity index (χ1v) is 16.5. The summed E-state index contributed by atoms with van der Waals surface area (Å²) in [5.41, 5.74) is -0.516. The van der Waals surface area contributed by atoms with Crippen molar-refractivity contribution in [3.05, 3.63) is 125 Å². The normalized spacial score (nSPS) is 18.8. The quantitative estimate of drug-likeness (QED) is 0.217. The summed E-state index contributed by atoms with van der Waals surface area (Å²) >= 11 is 0. The average molecular weight is 718 g/mol. The van der Waals surface area contributed by atoms with Gasteiger partial charge in [-0.3, -0.25) is 19.3 Å². The summed E-state index contributed by atoms with van der Waals surface area (Å²) < 4.78 is 62.1. The van der Waals surface area contributed by atoms with Gasteiger partial charge < -0.3 is 10.1 Å². The van der Waals surface area contributed by atoms with Crippen LogP contribution in [0.3, 0.4) is 0 Å². The highest BCUT2D eigenvalue weighted by molar-refractivity contribution is 6.05. The summed E-state index contributed by atoms with van der Waals surface area (Å²) in [6.45, 7) is 6.83. The molecule has 3 heterocycles. The Kier molecular flexibility index (Phi) is 9.51. The highest BCUT2D eigenvalue weighted by atomic mass is 19.4. The molecular formula is C38H35F4N5O5. The van der Waals surface area contributed by atoms with Gasteiger partial charge in [0.1, 0.15) is 23.3 Å². The molecule has 0 bridgehead atoms. The smallest absolute Gasteiger partial charge is 0.417 e. The van der Waals surface area contributed by atoms with E-state index in [4.69, 9.17) is 9.84 Å². The SMILES string of the molecule is CCN1C(=O)[C@@H](NC(=O)c2cccc(C(F)(F)F)c2)[C@@H](c2ccc(F)cc2)c2c(CC3C=CC(=O)N3C(=O)OC(C)(C)C)nn(-c3ccccc3)c21. The lowest BCUT2D eigenvalue weighted by Gasteiger charge is -2.38. The van der Waals surface area contributed by atoms with Crippen molar-refractivity contribution in [2.45, 2.75) is 63.9 Å². The first kappa shape index (κ1) is 36.0. The third-order valence-electron chi connectivity index (χ3n) is 8.71. The van der Waals surface area contributed by atoms with E-state index in [2.05, 4.69) is 5.32 Å². The predicted octanol–water partition coefficient (Wildman–Crippen LogP) is 6.57. The molecule has 270 valence electrons. The number of nitrogens with one attached hydrogen (secondary N) is 1. The number of para-hydroxylation sites is 1. The highest BCUT2D eigenvalue weighted by Crippen LogP contribution is 2.44. The molecule has 0 radical (unpaired) electrons. The van der Waals surface area contributed by atoms with Crippen LogP contribution in [-0.4, -0.2) is 62.7 Å². The van der Waals surface area contributed by atoms with Crippen molar-refractivity contribution in [2.24, 2.45) is 0 Å². The van der Waals surface area contributed by atoms with Crippen molar-refractivity contribution < 1.29 is 41.5 Å². The van der Waals surface area contributed by atoms with Gasteiger partial charge in [0.05, 0.1) is 23.0 Å². The zero-order valence-corrected chi connectivity index (χ0v) is 28.6. The number of ether oxygens (including phenoxy) is 1. The number of aromatic nitrogens is 2. The number of halogens is 4. The van der Waals surface area contributed by atoms with Gasteiger partial charge in [0.15, 0.2) is 0 Å². The summed E-state index contributed by atoms with van der Waals surface area (Å²) in [7, 11) is 0. The molecule has 52 heavy (non-hydrogen) atoms. The van der Waals surface area contributed by atoms with Crippen LogP contribution in [0.5, 0.6) is 0 Å². The molecule has 4 aromatic rings. The Hall–Kier alpha value is -5.79. The van der Waals surface area contributed by atoms with Gasteiger partial charge >= 0.3 is 12.3 Å². The zero-order valence-electron chi connectivity index (χ0n) is 28.6. The van der Waals surface area contributed by atoms with E-state index in [0.29, 0.717) is 34.4 Å². The minimum absolute atomic E-state index is 0.0403. The minimum Gasteiger partial charge on any atom is -0.443 e. The summed E-state index contributed by atoms with van der Waals surface area (Å²) in [4.78, 5) is 56.8. The third kappa shape index (κ3) is 7.05. The predicted molar refractivity (Wildman–Crippen MR) is 182 cm³/mol. The molecule has 1 N–H and O–H groups in total. The lowest BCUT2D eigenvalue weighted by molar-refractivity contribution is -0.137. The first-order valence-electron chi connectivity index (χ1n) is 16.5. The van der Waals surface area contributed by atoms with Crippen LogP contribution in [0.1, 0.15) is 66.4 Å². The van der Waals surface area contributed by atoms with Gasteiger partial charge in [-0.2, -0.15) is 18.3 Å². The molecule has 0 spiro atoms. The lowest BCUT2D eigenvalue weighted by Crippen LogP contribution is -2.55. The summed E-state index contributed by atoms with van der Waals surface area (Å²) in [5.74, 6) is -3.38. The molecule has 2 aliphatic heterocycles. The van der Waals surface area contributed by atoms with E-state index in [1.165, 1.54) is 41.3 Å². The van der Waals surface area contributed by atoms with E-state index in [1.54, 1.807) is 68.8 Å². The number of alkyl halides is 3. The fraction of sp³-hybridized carbons (Fsp3) is 0.289. The van der Waals surface area contributed by atoms with Crippen LogP contribution in [0.2, 0.25) is 0 Å². The number of anilines is 1. The maximum Gasteiger partial charge on any atom is 0.417 e.